The second-order valence-corrected chi connectivity index (χ2v) is 10.8. The molecular formula is C31H39N5O2. The molecule has 2 N–H and O–H groups in total. The first-order valence-electron chi connectivity index (χ1n) is 14.1. The lowest BCUT2D eigenvalue weighted by Crippen LogP contribution is -2.55. The summed E-state index contributed by atoms with van der Waals surface area (Å²) in [6.07, 6.45) is 7.13. The maximum absolute atomic E-state index is 14.1. The first-order valence-corrected chi connectivity index (χ1v) is 14.1. The van der Waals surface area contributed by atoms with Crippen molar-refractivity contribution in [1.29, 1.82) is 0 Å². The van der Waals surface area contributed by atoms with Crippen LogP contribution in [0.3, 0.4) is 0 Å². The Morgan fingerprint density at radius 1 is 0.974 bits per heavy atom. The van der Waals surface area contributed by atoms with Crippen LogP contribution < -0.4 is 10.6 Å². The van der Waals surface area contributed by atoms with Gasteiger partial charge in [-0.1, -0.05) is 61.7 Å². The van der Waals surface area contributed by atoms with Crippen LogP contribution in [0.5, 0.6) is 0 Å². The van der Waals surface area contributed by atoms with Crippen LogP contribution in [0.2, 0.25) is 0 Å². The van der Waals surface area contributed by atoms with Crippen LogP contribution in [-0.2, 0) is 9.59 Å². The Kier molecular flexibility index (Phi) is 8.03. The highest BCUT2D eigenvalue weighted by atomic mass is 16.2. The summed E-state index contributed by atoms with van der Waals surface area (Å²) in [7, 11) is 1.77. The summed E-state index contributed by atoms with van der Waals surface area (Å²) < 4.78 is 0. The molecule has 2 fully saturated rings. The van der Waals surface area contributed by atoms with Crippen LogP contribution >= 0.6 is 0 Å². The minimum Gasteiger partial charge on any atom is -0.343 e. The summed E-state index contributed by atoms with van der Waals surface area (Å²) in [6, 6.07) is 15.7. The normalized spacial score (nSPS) is 19.9. The summed E-state index contributed by atoms with van der Waals surface area (Å²) in [5.74, 6) is 0.774. The first kappa shape index (κ1) is 26.3. The average molecular weight is 514 g/mol. The number of rotatable bonds is 7. The SMILES string of the molecule is CNC(C)C(=O)N[C@H](C(=O)N1CCCC1c1cc(-c2cccc3ccccc23)nc(C)n1)C1CCCCC1. The summed E-state index contributed by atoms with van der Waals surface area (Å²) in [6.45, 7) is 4.43. The standard InChI is InChI=1S/C31H39N5O2/c1-20(32-3)30(37)35-29(23-12-5-4-6-13-23)31(38)36-18-10-17-28(36)27-19-26(33-21(2)34-27)25-16-9-14-22-11-7-8-15-24(22)25/h7-9,11,14-16,19-20,23,28-29,32H,4-6,10,12-13,17-18H2,1-3H3,(H,35,37)/t20?,28?,29-/m0/s1. The zero-order valence-electron chi connectivity index (χ0n) is 22.7. The fourth-order valence-corrected chi connectivity index (χ4v) is 6.12. The topological polar surface area (TPSA) is 87.2 Å². The average Bonchev–Trinajstić information content (AvgIpc) is 3.45. The molecule has 2 heterocycles. The van der Waals surface area contributed by atoms with Crippen molar-refractivity contribution in [1.82, 2.24) is 25.5 Å². The highest BCUT2D eigenvalue weighted by Gasteiger charge is 2.39. The zero-order valence-corrected chi connectivity index (χ0v) is 22.7. The molecular weight excluding hydrogens is 474 g/mol. The molecule has 3 atom stereocenters. The molecule has 0 spiro atoms. The molecule has 2 unspecified atom stereocenters. The van der Waals surface area contributed by atoms with E-state index in [0.717, 1.165) is 60.9 Å². The van der Waals surface area contributed by atoms with Gasteiger partial charge in [-0.25, -0.2) is 9.97 Å². The second-order valence-electron chi connectivity index (χ2n) is 10.8. The molecule has 3 aromatic rings. The molecule has 0 bridgehead atoms. The maximum atomic E-state index is 14.1. The number of fused-ring (bicyclic) bond motifs is 1. The first-order chi connectivity index (χ1) is 18.5. The van der Waals surface area contributed by atoms with Crippen molar-refractivity contribution in [3.63, 3.8) is 0 Å². The quantitative estimate of drug-likeness (QED) is 0.467. The van der Waals surface area contributed by atoms with Gasteiger partial charge in [0.2, 0.25) is 11.8 Å². The van der Waals surface area contributed by atoms with Crippen LogP contribution in [0, 0.1) is 12.8 Å². The fraction of sp³-hybridized carbons (Fsp3) is 0.484. The van der Waals surface area contributed by atoms with Gasteiger partial charge >= 0.3 is 0 Å². The molecule has 5 rings (SSSR count). The molecule has 1 aliphatic heterocycles. The Hall–Kier alpha value is -3.32. The monoisotopic (exact) mass is 513 g/mol. The van der Waals surface area contributed by atoms with Gasteiger partial charge in [0.1, 0.15) is 11.9 Å². The lowest BCUT2D eigenvalue weighted by molar-refractivity contribution is -0.139. The summed E-state index contributed by atoms with van der Waals surface area (Å²) in [4.78, 5) is 38.6. The Morgan fingerprint density at radius 3 is 2.53 bits per heavy atom. The predicted molar refractivity (Wildman–Crippen MR) is 150 cm³/mol. The molecule has 200 valence electrons. The molecule has 7 nitrogen and oxygen atoms in total. The largest absolute Gasteiger partial charge is 0.343 e. The molecule has 2 amide bonds. The summed E-state index contributed by atoms with van der Waals surface area (Å²) in [5, 5.41) is 8.45. The molecule has 2 aliphatic rings. The summed E-state index contributed by atoms with van der Waals surface area (Å²) >= 11 is 0. The van der Waals surface area contributed by atoms with Crippen molar-refractivity contribution < 1.29 is 9.59 Å². The van der Waals surface area contributed by atoms with Crippen molar-refractivity contribution in [2.45, 2.75) is 76.9 Å². The van der Waals surface area contributed by atoms with Gasteiger partial charge in [-0.3, -0.25) is 9.59 Å². The number of carbonyl (C=O) groups excluding carboxylic acids is 2. The van der Waals surface area contributed by atoms with E-state index >= 15 is 0 Å². The van der Waals surface area contributed by atoms with E-state index in [0.29, 0.717) is 12.4 Å². The third-order valence-corrected chi connectivity index (χ3v) is 8.31. The van der Waals surface area contributed by atoms with E-state index in [-0.39, 0.29) is 29.8 Å². The zero-order chi connectivity index (χ0) is 26.6. The number of likely N-dealkylation sites (tertiary alicyclic amines) is 1. The Morgan fingerprint density at radius 2 is 1.74 bits per heavy atom. The van der Waals surface area contributed by atoms with Crippen molar-refractivity contribution in [2.75, 3.05) is 13.6 Å². The van der Waals surface area contributed by atoms with Gasteiger partial charge in [-0.15, -0.1) is 0 Å². The Bertz CT molecular complexity index is 1300. The van der Waals surface area contributed by atoms with E-state index in [9.17, 15) is 9.59 Å². The van der Waals surface area contributed by atoms with Gasteiger partial charge in [0.15, 0.2) is 0 Å². The van der Waals surface area contributed by atoms with Gasteiger partial charge in [0.25, 0.3) is 0 Å². The second kappa shape index (κ2) is 11.6. The van der Waals surface area contributed by atoms with Crippen LogP contribution in [-0.4, -0.2) is 52.4 Å². The number of aromatic nitrogens is 2. The molecule has 1 aliphatic carbocycles. The van der Waals surface area contributed by atoms with Crippen molar-refractivity contribution in [2.24, 2.45) is 5.92 Å². The molecule has 7 heteroatoms. The number of amides is 2. The number of hydrogen-bond donors (Lipinski definition) is 2. The van der Waals surface area contributed by atoms with Crippen molar-refractivity contribution in [3.05, 3.63) is 60.0 Å². The molecule has 0 radical (unpaired) electrons. The van der Waals surface area contributed by atoms with E-state index in [1.807, 2.05) is 30.9 Å². The van der Waals surface area contributed by atoms with E-state index in [1.165, 1.54) is 11.8 Å². The highest BCUT2D eigenvalue weighted by molar-refractivity contribution is 5.96. The third-order valence-electron chi connectivity index (χ3n) is 8.31. The molecule has 2 aromatic carbocycles. The minimum atomic E-state index is -0.500. The van der Waals surface area contributed by atoms with Gasteiger partial charge in [-0.05, 0) is 69.3 Å². The van der Waals surface area contributed by atoms with E-state index in [2.05, 4.69) is 47.0 Å². The number of hydrogen-bond acceptors (Lipinski definition) is 5. The van der Waals surface area contributed by atoms with Gasteiger partial charge in [0.05, 0.1) is 23.5 Å². The minimum absolute atomic E-state index is 0.0269. The highest BCUT2D eigenvalue weighted by Crippen LogP contribution is 2.36. The lowest BCUT2D eigenvalue weighted by Gasteiger charge is -2.35. The van der Waals surface area contributed by atoms with Crippen molar-refractivity contribution in [3.8, 4) is 11.3 Å². The smallest absolute Gasteiger partial charge is 0.246 e. The molecule has 1 saturated heterocycles. The lowest BCUT2D eigenvalue weighted by atomic mass is 9.83. The number of benzene rings is 2. The number of nitrogens with zero attached hydrogens (tertiary/aromatic N) is 3. The van der Waals surface area contributed by atoms with Crippen LogP contribution in [0.1, 0.15) is 69.4 Å². The third kappa shape index (κ3) is 5.44. The van der Waals surface area contributed by atoms with Crippen LogP contribution in [0.4, 0.5) is 0 Å². The van der Waals surface area contributed by atoms with Crippen molar-refractivity contribution >= 4 is 22.6 Å². The van der Waals surface area contributed by atoms with Gasteiger partial charge in [0, 0.05) is 12.1 Å². The van der Waals surface area contributed by atoms with E-state index < -0.39 is 6.04 Å². The number of likely N-dealkylation sites (N-methyl/N-ethyl adjacent to an activating group) is 1. The van der Waals surface area contributed by atoms with Gasteiger partial charge in [-0.2, -0.15) is 0 Å². The Labute approximate surface area is 225 Å². The van der Waals surface area contributed by atoms with Gasteiger partial charge < -0.3 is 15.5 Å². The Balaban J connectivity index is 1.46. The predicted octanol–water partition coefficient (Wildman–Crippen LogP) is 4.94. The van der Waals surface area contributed by atoms with Crippen LogP contribution in [0.25, 0.3) is 22.0 Å². The summed E-state index contributed by atoms with van der Waals surface area (Å²) in [5.41, 5.74) is 2.83. The molecule has 1 aromatic heterocycles. The van der Waals surface area contributed by atoms with Crippen LogP contribution in [0.15, 0.2) is 48.5 Å². The van der Waals surface area contributed by atoms with E-state index in [4.69, 9.17) is 9.97 Å². The number of nitrogens with one attached hydrogen (secondary N) is 2. The molecule has 1 saturated carbocycles. The fourth-order valence-electron chi connectivity index (χ4n) is 6.12. The van der Waals surface area contributed by atoms with E-state index in [1.54, 1.807) is 7.05 Å². The number of aryl methyl sites for hydroxylation is 1. The molecule has 38 heavy (non-hydrogen) atoms. The number of carbonyl (C=O) groups is 2. The maximum Gasteiger partial charge on any atom is 0.246 e.